The Morgan fingerprint density at radius 3 is 2.38 bits per heavy atom. The molecule has 2 heterocycles. The summed E-state index contributed by atoms with van der Waals surface area (Å²) in [6, 6.07) is 15.7. The Balaban J connectivity index is 1.63. The van der Waals surface area contributed by atoms with Crippen molar-refractivity contribution in [2.75, 3.05) is 10.6 Å². The molecule has 1 amide bonds. The van der Waals surface area contributed by atoms with Crippen LogP contribution < -0.4 is 10.6 Å². The fraction of sp³-hybridized carbons (Fsp3) is 0.158. The number of amides is 1. The van der Waals surface area contributed by atoms with Crippen LogP contribution in [-0.4, -0.2) is 10.9 Å². The number of hydrogen-bond acceptors (Lipinski definition) is 4. The van der Waals surface area contributed by atoms with Crippen molar-refractivity contribution in [2.45, 2.75) is 19.8 Å². The monoisotopic (exact) mass is 337 g/mol. The number of aromatic nitrogens is 1. The summed E-state index contributed by atoms with van der Waals surface area (Å²) < 4.78 is 0. The number of thiophene rings is 1. The van der Waals surface area contributed by atoms with Crippen molar-refractivity contribution >= 4 is 34.4 Å². The first kappa shape index (κ1) is 16.2. The topological polar surface area (TPSA) is 54.0 Å². The van der Waals surface area contributed by atoms with Gasteiger partial charge in [0.1, 0.15) is 5.82 Å². The third-order valence-corrected chi connectivity index (χ3v) is 4.48. The molecule has 3 rings (SSSR count). The van der Waals surface area contributed by atoms with E-state index < -0.39 is 0 Å². The third kappa shape index (κ3) is 4.00. The second-order valence-electron chi connectivity index (χ2n) is 5.77. The highest BCUT2D eigenvalue weighted by atomic mass is 32.1. The van der Waals surface area contributed by atoms with Crippen LogP contribution in [0.3, 0.4) is 0 Å². The maximum Gasteiger partial charge on any atom is 0.266 e. The second kappa shape index (κ2) is 7.27. The number of carbonyl (C=O) groups excluding carboxylic acids is 1. The molecule has 0 radical (unpaired) electrons. The molecule has 2 N–H and O–H groups in total. The van der Waals surface area contributed by atoms with E-state index in [1.54, 1.807) is 18.3 Å². The highest BCUT2D eigenvalue weighted by Crippen LogP contribution is 2.21. The van der Waals surface area contributed by atoms with E-state index in [0.717, 1.165) is 11.4 Å². The van der Waals surface area contributed by atoms with Gasteiger partial charge in [0.05, 0.1) is 16.8 Å². The number of benzene rings is 1. The maximum atomic E-state index is 12.0. The Morgan fingerprint density at radius 2 is 1.79 bits per heavy atom. The number of carbonyl (C=O) groups is 1. The van der Waals surface area contributed by atoms with Gasteiger partial charge in [-0.3, -0.25) is 4.79 Å². The van der Waals surface area contributed by atoms with Crippen molar-refractivity contribution in [3.8, 4) is 0 Å². The number of pyridine rings is 1. The minimum Gasteiger partial charge on any atom is -0.354 e. The van der Waals surface area contributed by atoms with Gasteiger partial charge in [0.15, 0.2) is 0 Å². The molecule has 0 spiro atoms. The van der Waals surface area contributed by atoms with Gasteiger partial charge in [0, 0.05) is 5.69 Å². The molecule has 5 heteroatoms. The largest absolute Gasteiger partial charge is 0.354 e. The van der Waals surface area contributed by atoms with E-state index in [0.29, 0.717) is 16.6 Å². The normalized spacial score (nSPS) is 10.6. The Bertz CT molecular complexity index is 794. The van der Waals surface area contributed by atoms with Gasteiger partial charge >= 0.3 is 0 Å². The molecule has 0 atom stereocenters. The lowest BCUT2D eigenvalue weighted by Gasteiger charge is -2.10. The average molecular weight is 337 g/mol. The van der Waals surface area contributed by atoms with Gasteiger partial charge in [-0.1, -0.05) is 32.0 Å². The molecular weight excluding hydrogens is 318 g/mol. The number of nitrogens with one attached hydrogen (secondary N) is 2. The van der Waals surface area contributed by atoms with E-state index >= 15 is 0 Å². The number of rotatable bonds is 5. The summed E-state index contributed by atoms with van der Waals surface area (Å²) in [6.45, 7) is 4.35. The van der Waals surface area contributed by atoms with E-state index in [1.165, 1.54) is 16.9 Å². The van der Waals surface area contributed by atoms with Crippen LogP contribution in [0.2, 0.25) is 0 Å². The van der Waals surface area contributed by atoms with Crippen molar-refractivity contribution in [1.82, 2.24) is 4.98 Å². The summed E-state index contributed by atoms with van der Waals surface area (Å²) >= 11 is 1.41. The Hall–Kier alpha value is -2.66. The van der Waals surface area contributed by atoms with E-state index in [1.807, 2.05) is 17.5 Å². The fourth-order valence-electron chi connectivity index (χ4n) is 2.25. The Labute approximate surface area is 145 Å². The summed E-state index contributed by atoms with van der Waals surface area (Å²) in [6.07, 6.45) is 1.71. The maximum absolute atomic E-state index is 12.0. The predicted octanol–water partition coefficient (Wildman–Crippen LogP) is 5.26. The van der Waals surface area contributed by atoms with Gasteiger partial charge in [-0.05, 0) is 47.2 Å². The predicted molar refractivity (Wildman–Crippen MR) is 100 cm³/mol. The Kier molecular flexibility index (Phi) is 4.91. The van der Waals surface area contributed by atoms with Crippen LogP contribution in [0.1, 0.15) is 35.0 Å². The van der Waals surface area contributed by atoms with Gasteiger partial charge in [-0.2, -0.15) is 0 Å². The average Bonchev–Trinajstić information content (AvgIpc) is 3.12. The molecule has 0 saturated heterocycles. The highest BCUT2D eigenvalue weighted by Gasteiger charge is 2.07. The van der Waals surface area contributed by atoms with Crippen LogP contribution >= 0.6 is 11.3 Å². The Morgan fingerprint density at radius 1 is 1.04 bits per heavy atom. The van der Waals surface area contributed by atoms with Crippen LogP contribution in [-0.2, 0) is 0 Å². The molecule has 4 nitrogen and oxygen atoms in total. The van der Waals surface area contributed by atoms with Crippen molar-refractivity contribution in [3.05, 3.63) is 70.5 Å². The molecule has 0 unspecified atom stereocenters. The molecule has 0 fully saturated rings. The lowest BCUT2D eigenvalue weighted by molar-refractivity contribution is 0.103. The quantitative estimate of drug-likeness (QED) is 0.667. The van der Waals surface area contributed by atoms with Crippen LogP contribution in [0.4, 0.5) is 17.2 Å². The smallest absolute Gasteiger partial charge is 0.266 e. The van der Waals surface area contributed by atoms with Gasteiger partial charge < -0.3 is 10.6 Å². The molecule has 1 aromatic carbocycles. The SMILES string of the molecule is CC(C)c1ccc(Nc2ccc(NC(=O)c3cccs3)nc2)cc1. The summed E-state index contributed by atoms with van der Waals surface area (Å²) in [5.74, 6) is 0.920. The molecule has 0 bridgehead atoms. The van der Waals surface area contributed by atoms with E-state index in [-0.39, 0.29) is 5.91 Å². The number of anilines is 3. The van der Waals surface area contributed by atoms with Gasteiger partial charge in [0.2, 0.25) is 0 Å². The summed E-state index contributed by atoms with van der Waals surface area (Å²) in [5, 5.41) is 7.97. The highest BCUT2D eigenvalue weighted by molar-refractivity contribution is 7.12. The van der Waals surface area contributed by atoms with Crippen LogP contribution in [0.15, 0.2) is 60.1 Å². The van der Waals surface area contributed by atoms with E-state index in [2.05, 4.69) is 53.7 Å². The molecule has 0 aliphatic heterocycles. The van der Waals surface area contributed by atoms with Crippen molar-refractivity contribution in [2.24, 2.45) is 0 Å². The third-order valence-electron chi connectivity index (χ3n) is 3.62. The molecule has 24 heavy (non-hydrogen) atoms. The molecule has 2 aromatic heterocycles. The van der Waals surface area contributed by atoms with Gasteiger partial charge in [-0.15, -0.1) is 11.3 Å². The number of hydrogen-bond donors (Lipinski definition) is 2. The molecular formula is C19H19N3OS. The van der Waals surface area contributed by atoms with Crippen LogP contribution in [0.25, 0.3) is 0 Å². The zero-order valence-electron chi connectivity index (χ0n) is 13.6. The van der Waals surface area contributed by atoms with Gasteiger partial charge in [0.25, 0.3) is 5.91 Å². The van der Waals surface area contributed by atoms with Crippen molar-refractivity contribution in [1.29, 1.82) is 0 Å². The minimum absolute atomic E-state index is 0.137. The van der Waals surface area contributed by atoms with E-state index in [9.17, 15) is 4.79 Å². The first-order chi connectivity index (χ1) is 11.6. The van der Waals surface area contributed by atoms with Crippen LogP contribution in [0.5, 0.6) is 0 Å². The number of nitrogens with zero attached hydrogens (tertiary/aromatic N) is 1. The van der Waals surface area contributed by atoms with E-state index in [4.69, 9.17) is 0 Å². The summed E-state index contributed by atoms with van der Waals surface area (Å²) in [7, 11) is 0. The summed E-state index contributed by atoms with van der Waals surface area (Å²) in [5.41, 5.74) is 3.20. The summed E-state index contributed by atoms with van der Waals surface area (Å²) in [4.78, 5) is 16.9. The molecule has 122 valence electrons. The minimum atomic E-state index is -0.137. The fourth-order valence-corrected chi connectivity index (χ4v) is 2.86. The second-order valence-corrected chi connectivity index (χ2v) is 6.71. The molecule has 3 aromatic rings. The van der Waals surface area contributed by atoms with Crippen molar-refractivity contribution in [3.63, 3.8) is 0 Å². The molecule has 0 saturated carbocycles. The standard InChI is InChI=1S/C19H19N3OS/c1-13(2)14-5-7-15(8-6-14)21-16-9-10-18(20-12-16)22-19(23)17-4-3-11-24-17/h3-13,21H,1-2H3,(H,20,22,23). The first-order valence-corrected chi connectivity index (χ1v) is 8.67. The first-order valence-electron chi connectivity index (χ1n) is 7.80. The zero-order chi connectivity index (χ0) is 16.9. The lowest BCUT2D eigenvalue weighted by atomic mass is 10.0. The van der Waals surface area contributed by atoms with Crippen LogP contribution in [0, 0.1) is 0 Å². The van der Waals surface area contributed by atoms with Gasteiger partial charge in [-0.25, -0.2) is 4.98 Å². The van der Waals surface area contributed by atoms with Crippen molar-refractivity contribution < 1.29 is 4.79 Å². The zero-order valence-corrected chi connectivity index (χ0v) is 14.4. The molecule has 0 aliphatic rings. The molecule has 0 aliphatic carbocycles. The lowest BCUT2D eigenvalue weighted by Crippen LogP contribution is -2.11.